The van der Waals surface area contributed by atoms with Crippen molar-refractivity contribution in [3.63, 3.8) is 0 Å². The molecule has 1 heterocycles. The Kier molecular flexibility index (Phi) is 11.2. The van der Waals surface area contributed by atoms with Crippen molar-refractivity contribution in [2.75, 3.05) is 34.4 Å². The molecule has 0 saturated heterocycles. The number of para-hydroxylation sites is 1. The number of carbonyl (C=O) groups excluding carboxylic acids is 1. The van der Waals surface area contributed by atoms with Gasteiger partial charge in [0.25, 0.3) is 15.7 Å². The molecule has 1 amide bonds. The quantitative estimate of drug-likeness (QED) is 0.105. The number of carboxylic acids is 1. The molecule has 0 aliphatic carbocycles. The molecule has 3 rings (SSSR count). The van der Waals surface area contributed by atoms with E-state index >= 15 is 0 Å². The van der Waals surface area contributed by atoms with Crippen molar-refractivity contribution in [1.29, 1.82) is 0 Å². The zero-order valence-electron chi connectivity index (χ0n) is 23.1. The maximum atomic E-state index is 13.5. The monoisotopic (exact) mass is 620 g/mol. The van der Waals surface area contributed by atoms with Gasteiger partial charge in [-0.25, -0.2) is 13.2 Å². The predicted molar refractivity (Wildman–Crippen MR) is 148 cm³/mol. The topological polar surface area (TPSA) is 194 Å². The van der Waals surface area contributed by atoms with Crippen LogP contribution < -0.4 is 9.47 Å². The zero-order chi connectivity index (χ0) is 31.6. The number of hydrogen-bond acceptors (Lipinski definition) is 12. The first kappa shape index (κ1) is 32.6. The first-order chi connectivity index (χ1) is 20.5. The molecule has 0 atom stereocenters. The van der Waals surface area contributed by atoms with Crippen molar-refractivity contribution in [2.45, 2.75) is 17.9 Å². The summed E-state index contributed by atoms with van der Waals surface area (Å²) in [4.78, 5) is 34.5. The molecular formula is C27H28N2O13S. The van der Waals surface area contributed by atoms with E-state index in [-0.39, 0.29) is 58.6 Å². The van der Waals surface area contributed by atoms with E-state index in [4.69, 9.17) is 28.1 Å². The summed E-state index contributed by atoms with van der Waals surface area (Å²) in [7, 11) is -2.05. The van der Waals surface area contributed by atoms with Crippen molar-refractivity contribution in [1.82, 2.24) is 4.31 Å². The molecule has 0 fully saturated rings. The number of benzene rings is 2. The van der Waals surface area contributed by atoms with E-state index < -0.39 is 50.6 Å². The largest absolute Gasteiger partial charge is 0.481 e. The number of aliphatic carboxylic acids is 1. The molecule has 0 aliphatic rings. The lowest BCUT2D eigenvalue weighted by molar-refractivity contribution is -0.387. The van der Waals surface area contributed by atoms with Gasteiger partial charge in [-0.15, -0.1) is 0 Å². The van der Waals surface area contributed by atoms with Crippen LogP contribution in [0, 0.1) is 10.1 Å². The highest BCUT2D eigenvalue weighted by atomic mass is 32.2. The second-order valence-electron chi connectivity index (χ2n) is 8.50. The molecule has 0 bridgehead atoms. The number of hydrogen-bond donors (Lipinski definition) is 1. The molecule has 3 aromatic rings. The molecule has 0 aliphatic heterocycles. The van der Waals surface area contributed by atoms with E-state index in [1.807, 2.05) is 0 Å². The van der Waals surface area contributed by atoms with Crippen LogP contribution >= 0.6 is 0 Å². The SMILES string of the molecule is C=CCOC(=O)N(Cc1ccc(-c2c(CC(=O)O)cc(OCOC)cc2OCOC)o1)S(=O)(=O)c1ccccc1[N+](=O)[O-]. The fourth-order valence-electron chi connectivity index (χ4n) is 3.81. The number of carbonyl (C=O) groups is 2. The molecule has 1 N–H and O–H groups in total. The van der Waals surface area contributed by atoms with E-state index in [0.29, 0.717) is 0 Å². The second kappa shape index (κ2) is 14.8. The lowest BCUT2D eigenvalue weighted by Crippen LogP contribution is -2.37. The Morgan fingerprint density at radius 1 is 1.09 bits per heavy atom. The number of carboxylic acid groups (broad SMARTS) is 1. The summed E-state index contributed by atoms with van der Waals surface area (Å²) in [6.07, 6.45) is -0.610. The van der Waals surface area contributed by atoms with Crippen LogP contribution in [-0.2, 0) is 42.0 Å². The third-order valence-electron chi connectivity index (χ3n) is 5.54. The number of rotatable bonds is 16. The molecule has 2 aromatic carbocycles. The highest BCUT2D eigenvalue weighted by Gasteiger charge is 2.36. The Labute approximate surface area is 246 Å². The smallest absolute Gasteiger partial charge is 0.424 e. The van der Waals surface area contributed by atoms with Gasteiger partial charge in [0, 0.05) is 26.4 Å². The van der Waals surface area contributed by atoms with Crippen LogP contribution in [0.1, 0.15) is 11.3 Å². The summed E-state index contributed by atoms with van der Waals surface area (Å²) in [6, 6.07) is 10.2. The van der Waals surface area contributed by atoms with Gasteiger partial charge in [0.05, 0.1) is 23.5 Å². The van der Waals surface area contributed by atoms with Gasteiger partial charge >= 0.3 is 12.1 Å². The summed E-state index contributed by atoms with van der Waals surface area (Å²) < 4.78 is 59.2. The van der Waals surface area contributed by atoms with Crippen LogP contribution in [0.5, 0.6) is 11.5 Å². The van der Waals surface area contributed by atoms with Crippen molar-refractivity contribution in [3.8, 4) is 22.8 Å². The molecule has 15 nitrogen and oxygen atoms in total. The first-order valence-electron chi connectivity index (χ1n) is 12.3. The molecule has 0 radical (unpaired) electrons. The number of nitro benzene ring substituents is 1. The summed E-state index contributed by atoms with van der Waals surface area (Å²) in [5.41, 5.74) is -0.348. The summed E-state index contributed by atoms with van der Waals surface area (Å²) in [6.45, 7) is 1.98. The average Bonchev–Trinajstić information content (AvgIpc) is 3.44. The van der Waals surface area contributed by atoms with Gasteiger partial charge in [-0.1, -0.05) is 24.8 Å². The maximum Gasteiger partial charge on any atom is 0.424 e. The minimum absolute atomic E-state index is 0.0538. The summed E-state index contributed by atoms with van der Waals surface area (Å²) in [5.74, 6) is -0.875. The van der Waals surface area contributed by atoms with Crippen molar-refractivity contribution in [2.24, 2.45) is 0 Å². The van der Waals surface area contributed by atoms with E-state index in [2.05, 4.69) is 6.58 Å². The van der Waals surface area contributed by atoms with E-state index in [9.17, 15) is 33.2 Å². The fourth-order valence-corrected chi connectivity index (χ4v) is 5.25. The van der Waals surface area contributed by atoms with Gasteiger partial charge < -0.3 is 33.2 Å². The van der Waals surface area contributed by atoms with Crippen LogP contribution in [0.15, 0.2) is 70.5 Å². The second-order valence-corrected chi connectivity index (χ2v) is 10.3. The lowest BCUT2D eigenvalue weighted by Gasteiger charge is -2.20. The molecule has 0 saturated carbocycles. The van der Waals surface area contributed by atoms with Crippen LogP contribution in [0.25, 0.3) is 11.3 Å². The van der Waals surface area contributed by atoms with Gasteiger partial charge in [0.1, 0.15) is 29.6 Å². The van der Waals surface area contributed by atoms with Gasteiger partial charge in [0.2, 0.25) is 0 Å². The highest BCUT2D eigenvalue weighted by molar-refractivity contribution is 7.89. The van der Waals surface area contributed by atoms with E-state index in [1.165, 1.54) is 56.7 Å². The van der Waals surface area contributed by atoms with Gasteiger partial charge in [-0.2, -0.15) is 4.31 Å². The molecule has 16 heteroatoms. The zero-order valence-corrected chi connectivity index (χ0v) is 23.9. The Morgan fingerprint density at radius 3 is 2.44 bits per heavy atom. The molecule has 230 valence electrons. The number of nitrogens with zero attached hydrogens (tertiary/aromatic N) is 2. The number of amides is 1. The standard InChI is InChI=1S/C27H28N2O13S/c1-4-11-39-27(32)28(43(35,36)24-8-6-5-7-21(24)29(33)34)15-19-9-10-22(42-19)26-18(13-25(30)31)12-20(40-16-37-2)14-23(26)41-17-38-3/h4-10,12,14H,1,11,13,15-17H2,2-3H3,(H,30,31). The Hall–Kier alpha value is -4.93. The highest BCUT2D eigenvalue weighted by Crippen LogP contribution is 2.39. The average molecular weight is 621 g/mol. The van der Waals surface area contributed by atoms with Crippen LogP contribution in [0.4, 0.5) is 10.5 Å². The minimum Gasteiger partial charge on any atom is -0.481 e. The van der Waals surface area contributed by atoms with Gasteiger partial charge in [-0.05, 0) is 29.8 Å². The normalized spacial score (nSPS) is 11.0. The predicted octanol–water partition coefficient (Wildman–Crippen LogP) is 3.96. The van der Waals surface area contributed by atoms with Crippen molar-refractivity contribution >= 4 is 27.8 Å². The Bertz CT molecular complexity index is 1580. The minimum atomic E-state index is -4.84. The number of methoxy groups -OCH3 is 2. The Balaban J connectivity index is 2.10. The van der Waals surface area contributed by atoms with Crippen LogP contribution in [0.3, 0.4) is 0 Å². The number of furan rings is 1. The molecule has 0 unspecified atom stereocenters. The van der Waals surface area contributed by atoms with E-state index in [0.717, 1.165) is 12.1 Å². The number of ether oxygens (including phenoxy) is 5. The van der Waals surface area contributed by atoms with Crippen LogP contribution in [0.2, 0.25) is 0 Å². The number of nitro groups is 1. The maximum absolute atomic E-state index is 13.5. The van der Waals surface area contributed by atoms with Gasteiger partial charge in [-0.3, -0.25) is 14.9 Å². The van der Waals surface area contributed by atoms with Crippen molar-refractivity contribution < 1.29 is 56.1 Å². The first-order valence-corrected chi connectivity index (χ1v) is 13.7. The fraction of sp³-hybridized carbons (Fsp3) is 0.259. The lowest BCUT2D eigenvalue weighted by atomic mass is 10.0. The van der Waals surface area contributed by atoms with E-state index in [1.54, 1.807) is 0 Å². The third kappa shape index (κ3) is 8.09. The summed E-state index contributed by atoms with van der Waals surface area (Å²) >= 11 is 0. The molecular weight excluding hydrogens is 592 g/mol. The van der Waals surface area contributed by atoms with Crippen molar-refractivity contribution in [3.05, 3.63) is 82.6 Å². The Morgan fingerprint density at radius 2 is 1.79 bits per heavy atom. The molecule has 0 spiro atoms. The van der Waals surface area contributed by atoms with Gasteiger partial charge in [0.15, 0.2) is 18.5 Å². The molecule has 43 heavy (non-hydrogen) atoms. The van der Waals surface area contributed by atoms with Crippen LogP contribution in [-0.4, -0.2) is 69.2 Å². The third-order valence-corrected chi connectivity index (χ3v) is 7.30. The molecule has 1 aromatic heterocycles. The number of sulfonamides is 1. The summed E-state index contributed by atoms with van der Waals surface area (Å²) in [5, 5.41) is 21.1.